The van der Waals surface area contributed by atoms with Crippen LogP contribution in [0.15, 0.2) is 72.8 Å². The predicted octanol–water partition coefficient (Wildman–Crippen LogP) is 4.61. The quantitative estimate of drug-likeness (QED) is 0.616. The van der Waals surface area contributed by atoms with Crippen LogP contribution in [0.25, 0.3) is 11.1 Å². The highest BCUT2D eigenvalue weighted by atomic mass is 16.5. The van der Waals surface area contributed by atoms with Crippen LogP contribution in [0.4, 0.5) is 4.79 Å². The molecule has 6 nitrogen and oxygen atoms in total. The van der Waals surface area contributed by atoms with Gasteiger partial charge in [0, 0.05) is 5.92 Å². The van der Waals surface area contributed by atoms with Crippen LogP contribution in [0.2, 0.25) is 0 Å². The molecule has 0 spiro atoms. The molecule has 4 rings (SSSR count). The Bertz CT molecular complexity index is 1140. The van der Waals surface area contributed by atoms with Crippen molar-refractivity contribution >= 4 is 12.1 Å². The minimum absolute atomic E-state index is 0.0852. The van der Waals surface area contributed by atoms with Crippen molar-refractivity contribution in [3.8, 4) is 17.2 Å². The molecule has 1 amide bonds. The summed E-state index contributed by atoms with van der Waals surface area (Å²) < 4.78 is 5.52. The van der Waals surface area contributed by atoms with Crippen LogP contribution in [0.3, 0.4) is 0 Å². The van der Waals surface area contributed by atoms with Crippen LogP contribution in [-0.4, -0.2) is 23.8 Å². The normalized spacial score (nSPS) is 12.9. The highest BCUT2D eigenvalue weighted by Gasteiger charge is 2.29. The molecule has 0 unspecified atom stereocenters. The summed E-state index contributed by atoms with van der Waals surface area (Å²) in [5, 5.41) is 21.0. The molecule has 0 heterocycles. The molecule has 2 N–H and O–H groups in total. The largest absolute Gasteiger partial charge is 0.481 e. The molecule has 1 aliphatic carbocycles. The van der Waals surface area contributed by atoms with Gasteiger partial charge in [-0.05, 0) is 39.9 Å². The van der Waals surface area contributed by atoms with Crippen molar-refractivity contribution in [3.63, 3.8) is 0 Å². The zero-order valence-electron chi connectivity index (χ0n) is 16.6. The second-order valence-electron chi connectivity index (χ2n) is 7.36. The highest BCUT2D eigenvalue weighted by Crippen LogP contribution is 2.44. The SMILES string of the molecule is N#Cc1cccc([C@H](CC(=O)O)NC(=O)OCC2c3ccccc3-c3ccccc32)c1. The minimum atomic E-state index is -1.06. The fraction of sp³-hybridized carbons (Fsp3) is 0.160. The summed E-state index contributed by atoms with van der Waals surface area (Å²) in [6.45, 7) is 0.137. The molecular weight excluding hydrogens is 392 g/mol. The number of nitrogens with zero attached hydrogens (tertiary/aromatic N) is 1. The van der Waals surface area contributed by atoms with Crippen LogP contribution in [-0.2, 0) is 9.53 Å². The van der Waals surface area contributed by atoms with Gasteiger partial charge >= 0.3 is 12.1 Å². The Kier molecular flexibility index (Phi) is 5.67. The Labute approximate surface area is 179 Å². The van der Waals surface area contributed by atoms with Gasteiger partial charge in [0.15, 0.2) is 0 Å². The lowest BCUT2D eigenvalue weighted by molar-refractivity contribution is -0.137. The number of ether oxygens (including phenoxy) is 1. The minimum Gasteiger partial charge on any atom is -0.481 e. The van der Waals surface area contributed by atoms with E-state index in [0.717, 1.165) is 22.3 Å². The fourth-order valence-electron chi connectivity index (χ4n) is 4.03. The average molecular weight is 412 g/mol. The molecule has 0 bridgehead atoms. The van der Waals surface area contributed by atoms with Crippen LogP contribution < -0.4 is 5.32 Å². The third kappa shape index (κ3) is 4.26. The Balaban J connectivity index is 1.49. The number of carboxylic acid groups (broad SMARTS) is 1. The second-order valence-corrected chi connectivity index (χ2v) is 7.36. The topological polar surface area (TPSA) is 99.4 Å². The van der Waals surface area contributed by atoms with E-state index in [4.69, 9.17) is 10.00 Å². The summed E-state index contributed by atoms with van der Waals surface area (Å²) in [7, 11) is 0. The van der Waals surface area contributed by atoms with E-state index in [1.54, 1.807) is 24.3 Å². The van der Waals surface area contributed by atoms with E-state index in [1.165, 1.54) is 0 Å². The third-order valence-corrected chi connectivity index (χ3v) is 5.43. The first-order chi connectivity index (χ1) is 15.1. The van der Waals surface area contributed by atoms with Gasteiger partial charge < -0.3 is 15.2 Å². The zero-order valence-corrected chi connectivity index (χ0v) is 16.6. The lowest BCUT2D eigenvalue weighted by atomic mass is 9.98. The number of rotatable bonds is 6. The molecule has 1 aliphatic rings. The van der Waals surface area contributed by atoms with Crippen molar-refractivity contribution in [3.05, 3.63) is 95.1 Å². The first-order valence-corrected chi connectivity index (χ1v) is 9.90. The summed E-state index contributed by atoms with van der Waals surface area (Å²) in [4.78, 5) is 23.9. The van der Waals surface area contributed by atoms with Crippen molar-refractivity contribution in [1.82, 2.24) is 5.32 Å². The molecule has 0 fully saturated rings. The molecule has 1 atom stereocenters. The fourth-order valence-corrected chi connectivity index (χ4v) is 4.03. The summed E-state index contributed by atoms with van der Waals surface area (Å²) in [6.07, 6.45) is -1.02. The van der Waals surface area contributed by atoms with Crippen molar-refractivity contribution < 1.29 is 19.4 Å². The Morgan fingerprint density at radius 2 is 1.65 bits per heavy atom. The second kappa shape index (κ2) is 8.72. The van der Waals surface area contributed by atoms with E-state index in [9.17, 15) is 14.7 Å². The van der Waals surface area contributed by atoms with E-state index in [-0.39, 0.29) is 18.9 Å². The molecule has 154 valence electrons. The molecule has 0 saturated carbocycles. The summed E-state index contributed by atoms with van der Waals surface area (Å²) in [6, 6.07) is 23.8. The number of amides is 1. The van der Waals surface area contributed by atoms with Gasteiger partial charge in [-0.25, -0.2) is 4.79 Å². The monoisotopic (exact) mass is 412 g/mol. The van der Waals surface area contributed by atoms with Gasteiger partial charge in [0.2, 0.25) is 0 Å². The first kappa shape index (κ1) is 20.2. The lowest BCUT2D eigenvalue weighted by Gasteiger charge is -2.19. The summed E-state index contributed by atoms with van der Waals surface area (Å²) in [5.41, 5.74) is 5.38. The molecule has 0 aliphatic heterocycles. The highest BCUT2D eigenvalue weighted by molar-refractivity contribution is 5.79. The maximum absolute atomic E-state index is 12.6. The van der Waals surface area contributed by atoms with Crippen molar-refractivity contribution in [2.45, 2.75) is 18.4 Å². The van der Waals surface area contributed by atoms with E-state index in [1.807, 2.05) is 42.5 Å². The van der Waals surface area contributed by atoms with Crippen LogP contribution >= 0.6 is 0 Å². The van der Waals surface area contributed by atoms with Crippen LogP contribution in [0.1, 0.15) is 40.6 Å². The maximum atomic E-state index is 12.6. The number of fused-ring (bicyclic) bond motifs is 3. The Morgan fingerprint density at radius 1 is 1.00 bits per heavy atom. The number of hydrogen-bond donors (Lipinski definition) is 2. The van der Waals surface area contributed by atoms with Gasteiger partial charge in [0.25, 0.3) is 0 Å². The number of aliphatic carboxylic acids is 1. The molecule has 3 aromatic rings. The third-order valence-electron chi connectivity index (χ3n) is 5.43. The first-order valence-electron chi connectivity index (χ1n) is 9.90. The van der Waals surface area contributed by atoms with E-state index in [2.05, 4.69) is 17.4 Å². The predicted molar refractivity (Wildman–Crippen MR) is 114 cm³/mol. The number of benzene rings is 3. The maximum Gasteiger partial charge on any atom is 0.407 e. The van der Waals surface area contributed by atoms with Gasteiger partial charge in [-0.3, -0.25) is 4.79 Å². The van der Waals surface area contributed by atoms with Crippen LogP contribution in [0.5, 0.6) is 0 Å². The molecule has 6 heteroatoms. The van der Waals surface area contributed by atoms with Crippen molar-refractivity contribution in [2.24, 2.45) is 0 Å². The molecule has 0 saturated heterocycles. The number of nitriles is 1. The summed E-state index contributed by atoms with van der Waals surface area (Å²) >= 11 is 0. The van der Waals surface area contributed by atoms with Gasteiger partial charge in [-0.1, -0.05) is 60.7 Å². The number of carbonyl (C=O) groups excluding carboxylic acids is 1. The molecular formula is C25H20N2O4. The van der Waals surface area contributed by atoms with Gasteiger partial charge in [0.05, 0.1) is 24.1 Å². The zero-order chi connectivity index (χ0) is 21.8. The van der Waals surface area contributed by atoms with Crippen molar-refractivity contribution in [2.75, 3.05) is 6.61 Å². The smallest absolute Gasteiger partial charge is 0.407 e. The van der Waals surface area contributed by atoms with E-state index < -0.39 is 18.1 Å². The number of carboxylic acids is 1. The van der Waals surface area contributed by atoms with E-state index >= 15 is 0 Å². The molecule has 31 heavy (non-hydrogen) atoms. The molecule has 0 radical (unpaired) electrons. The van der Waals surface area contributed by atoms with Gasteiger partial charge in [0.1, 0.15) is 6.61 Å². The van der Waals surface area contributed by atoms with Gasteiger partial charge in [-0.2, -0.15) is 5.26 Å². The average Bonchev–Trinajstić information content (AvgIpc) is 3.11. The van der Waals surface area contributed by atoms with Crippen molar-refractivity contribution in [1.29, 1.82) is 5.26 Å². The lowest BCUT2D eigenvalue weighted by Crippen LogP contribution is -2.31. The van der Waals surface area contributed by atoms with Gasteiger partial charge in [-0.15, -0.1) is 0 Å². The van der Waals surface area contributed by atoms with E-state index in [0.29, 0.717) is 11.1 Å². The Hall–Kier alpha value is -4.11. The van der Waals surface area contributed by atoms with Crippen LogP contribution in [0, 0.1) is 11.3 Å². The molecule has 3 aromatic carbocycles. The standard InChI is InChI=1S/C25H20N2O4/c26-14-16-6-5-7-17(12-16)23(13-24(28)29)27-25(30)31-15-22-20-10-3-1-8-18(20)19-9-2-4-11-21(19)22/h1-12,22-23H,13,15H2,(H,27,30)(H,28,29)/t23-/m0/s1. The molecule has 0 aromatic heterocycles. The number of hydrogen-bond acceptors (Lipinski definition) is 4. The number of nitrogens with one attached hydrogen (secondary N) is 1. The number of carbonyl (C=O) groups is 2. The Morgan fingerprint density at radius 3 is 2.26 bits per heavy atom. The summed E-state index contributed by atoms with van der Waals surface area (Å²) in [5.74, 6) is -1.15. The number of alkyl carbamates (subject to hydrolysis) is 1.